The molecule has 0 bridgehead atoms. The minimum atomic E-state index is -4.45. The largest absolute Gasteiger partial charge is 0.593 e. The molecular weight excluding hydrogens is 211 g/mol. The van der Waals surface area contributed by atoms with Crippen molar-refractivity contribution in [3.8, 4) is 6.19 Å². The van der Waals surface area contributed by atoms with Gasteiger partial charge in [0.25, 0.3) is 6.19 Å². The van der Waals surface area contributed by atoms with Gasteiger partial charge in [-0.1, -0.05) is 0 Å². The second kappa shape index (κ2) is 3.96. The molecule has 0 aliphatic carbocycles. The molecule has 0 heterocycles. The van der Waals surface area contributed by atoms with Gasteiger partial charge in [0.1, 0.15) is 0 Å². The van der Waals surface area contributed by atoms with Gasteiger partial charge in [0, 0.05) is 12.1 Å². The standard InChI is InChI=1S/C8H4F3N3O/c9-8(10,11)6-1-3-7(4-2-6)14(15)13-5-12/h1-4H. The van der Waals surface area contributed by atoms with E-state index in [1.54, 1.807) is 0 Å². The summed E-state index contributed by atoms with van der Waals surface area (Å²) in [4.78, 5) is -0.0554. The number of nitrogens with zero attached hydrogens (tertiary/aromatic N) is 3. The first-order chi connectivity index (χ1) is 6.95. The lowest BCUT2D eigenvalue weighted by atomic mass is 10.2. The van der Waals surface area contributed by atoms with Crippen molar-refractivity contribution in [2.75, 3.05) is 0 Å². The average Bonchev–Trinajstić information content (AvgIpc) is 2.17. The summed E-state index contributed by atoms with van der Waals surface area (Å²) in [6.07, 6.45) is -3.22. The monoisotopic (exact) mass is 215 g/mol. The van der Waals surface area contributed by atoms with Gasteiger partial charge < -0.3 is 5.21 Å². The zero-order valence-corrected chi connectivity index (χ0v) is 7.19. The molecule has 0 radical (unpaired) electrons. The molecule has 1 aromatic rings. The summed E-state index contributed by atoms with van der Waals surface area (Å²) in [6.45, 7) is 0. The molecule has 0 aliphatic heterocycles. The molecule has 0 N–H and O–H groups in total. The number of alkyl halides is 3. The highest BCUT2D eigenvalue weighted by Gasteiger charge is 2.30. The lowest BCUT2D eigenvalue weighted by Crippen LogP contribution is -2.04. The van der Waals surface area contributed by atoms with Gasteiger partial charge in [-0.25, -0.2) is 0 Å². The first-order valence-corrected chi connectivity index (χ1v) is 3.69. The SMILES string of the molecule is N#CN=[N+]([O-])c1ccc(C(F)(F)F)cc1. The predicted octanol–water partition coefficient (Wildman–Crippen LogP) is 2.78. The van der Waals surface area contributed by atoms with E-state index in [2.05, 4.69) is 5.11 Å². The van der Waals surface area contributed by atoms with Crippen LogP contribution in [0.2, 0.25) is 0 Å². The van der Waals surface area contributed by atoms with Crippen LogP contribution >= 0.6 is 0 Å². The number of benzene rings is 1. The molecule has 0 aromatic heterocycles. The summed E-state index contributed by atoms with van der Waals surface area (Å²) in [5.74, 6) is 0. The summed E-state index contributed by atoms with van der Waals surface area (Å²) >= 11 is 0. The van der Waals surface area contributed by atoms with Crippen molar-refractivity contribution in [2.45, 2.75) is 6.18 Å². The maximum atomic E-state index is 12.1. The maximum Gasteiger partial charge on any atom is 0.416 e. The van der Waals surface area contributed by atoms with Crippen molar-refractivity contribution in [1.29, 1.82) is 5.26 Å². The first kappa shape index (κ1) is 11.0. The summed E-state index contributed by atoms with van der Waals surface area (Å²) in [7, 11) is 0. The van der Waals surface area contributed by atoms with Crippen molar-refractivity contribution in [3.05, 3.63) is 35.0 Å². The van der Waals surface area contributed by atoms with Gasteiger partial charge in [-0.2, -0.15) is 18.4 Å². The third kappa shape index (κ3) is 2.67. The van der Waals surface area contributed by atoms with E-state index in [9.17, 15) is 18.4 Å². The van der Waals surface area contributed by atoms with E-state index in [1.807, 2.05) is 0 Å². The van der Waals surface area contributed by atoms with Gasteiger partial charge in [-0.15, -0.1) is 0 Å². The molecule has 0 unspecified atom stereocenters. The summed E-state index contributed by atoms with van der Waals surface area (Å²) in [5, 5.41) is 21.7. The molecule has 7 heteroatoms. The van der Waals surface area contributed by atoms with E-state index in [0.29, 0.717) is 0 Å². The Morgan fingerprint density at radius 3 is 2.20 bits per heavy atom. The molecule has 4 nitrogen and oxygen atoms in total. The van der Waals surface area contributed by atoms with Crippen LogP contribution in [0.15, 0.2) is 29.4 Å². The Labute approximate surface area is 82.5 Å². The van der Waals surface area contributed by atoms with E-state index >= 15 is 0 Å². The molecular formula is C8H4F3N3O. The summed E-state index contributed by atoms with van der Waals surface area (Å²) in [6, 6.07) is 3.37. The Bertz CT molecular complexity index is 416. The molecule has 1 aromatic carbocycles. The molecule has 78 valence electrons. The van der Waals surface area contributed by atoms with Crippen molar-refractivity contribution in [1.82, 2.24) is 0 Å². The Morgan fingerprint density at radius 2 is 1.80 bits per heavy atom. The van der Waals surface area contributed by atoms with E-state index in [4.69, 9.17) is 5.26 Å². The minimum Gasteiger partial charge on any atom is -0.593 e. The van der Waals surface area contributed by atoms with Gasteiger partial charge in [-0.3, -0.25) is 0 Å². The zero-order chi connectivity index (χ0) is 11.5. The van der Waals surface area contributed by atoms with E-state index in [-0.39, 0.29) is 10.5 Å². The Morgan fingerprint density at radius 1 is 1.27 bits per heavy atom. The Balaban J connectivity index is 3.02. The van der Waals surface area contributed by atoms with Crippen LogP contribution in [0.25, 0.3) is 0 Å². The van der Waals surface area contributed by atoms with Crippen molar-refractivity contribution < 1.29 is 18.0 Å². The van der Waals surface area contributed by atoms with Crippen molar-refractivity contribution in [2.24, 2.45) is 5.11 Å². The van der Waals surface area contributed by atoms with Gasteiger partial charge in [0.15, 0.2) is 0 Å². The van der Waals surface area contributed by atoms with Crippen LogP contribution in [-0.4, -0.2) is 4.86 Å². The molecule has 0 fully saturated rings. The topological polar surface area (TPSA) is 62.2 Å². The quantitative estimate of drug-likeness (QED) is 0.313. The fourth-order valence-electron chi connectivity index (χ4n) is 0.876. The number of azo groups is 1. The Kier molecular flexibility index (Phi) is 2.90. The first-order valence-electron chi connectivity index (χ1n) is 3.69. The highest BCUT2D eigenvalue weighted by atomic mass is 19.4. The molecule has 15 heavy (non-hydrogen) atoms. The van der Waals surface area contributed by atoms with Crippen LogP contribution in [-0.2, 0) is 6.18 Å². The van der Waals surface area contributed by atoms with E-state index < -0.39 is 11.7 Å². The molecule has 0 saturated carbocycles. The van der Waals surface area contributed by atoms with E-state index in [0.717, 1.165) is 24.3 Å². The van der Waals surface area contributed by atoms with Crippen LogP contribution in [0.3, 0.4) is 0 Å². The molecule has 0 aliphatic rings. The molecule has 1 rings (SSSR count). The van der Waals surface area contributed by atoms with Crippen LogP contribution in [0.5, 0.6) is 0 Å². The normalized spacial score (nSPS) is 12.3. The van der Waals surface area contributed by atoms with Crippen LogP contribution in [0, 0.1) is 16.7 Å². The third-order valence-corrected chi connectivity index (χ3v) is 1.55. The lowest BCUT2D eigenvalue weighted by Gasteiger charge is -2.05. The summed E-state index contributed by atoms with van der Waals surface area (Å²) in [5.41, 5.74) is -0.999. The van der Waals surface area contributed by atoms with E-state index in [1.165, 1.54) is 6.19 Å². The number of hydrogen-bond donors (Lipinski definition) is 0. The third-order valence-electron chi connectivity index (χ3n) is 1.55. The highest BCUT2D eigenvalue weighted by Crippen LogP contribution is 2.30. The number of rotatable bonds is 1. The van der Waals surface area contributed by atoms with Gasteiger partial charge >= 0.3 is 6.18 Å². The van der Waals surface area contributed by atoms with Crippen LogP contribution in [0.4, 0.5) is 18.9 Å². The van der Waals surface area contributed by atoms with Crippen molar-refractivity contribution in [3.63, 3.8) is 0 Å². The van der Waals surface area contributed by atoms with Crippen molar-refractivity contribution >= 4 is 5.69 Å². The summed E-state index contributed by atoms with van der Waals surface area (Å²) < 4.78 is 36.3. The average molecular weight is 215 g/mol. The number of halogens is 3. The second-order valence-corrected chi connectivity index (χ2v) is 2.52. The fourth-order valence-corrected chi connectivity index (χ4v) is 0.876. The van der Waals surface area contributed by atoms with Crippen LogP contribution < -0.4 is 0 Å². The number of hydrogen-bond acceptors (Lipinski definition) is 3. The predicted molar refractivity (Wildman–Crippen MR) is 42.8 cm³/mol. The Hall–Kier alpha value is -2.10. The fraction of sp³-hybridized carbons (Fsp3) is 0.125. The minimum absolute atomic E-state index is 0.0554. The molecule has 0 spiro atoms. The van der Waals surface area contributed by atoms with Crippen LogP contribution in [0.1, 0.15) is 5.56 Å². The number of nitriles is 1. The maximum absolute atomic E-state index is 12.1. The lowest BCUT2D eigenvalue weighted by molar-refractivity contribution is -0.435. The second-order valence-electron chi connectivity index (χ2n) is 2.52. The van der Waals surface area contributed by atoms with Gasteiger partial charge in [0.05, 0.1) is 10.7 Å². The molecule has 0 amide bonds. The zero-order valence-electron chi connectivity index (χ0n) is 7.19. The molecule has 0 saturated heterocycles. The van der Waals surface area contributed by atoms with Gasteiger partial charge in [0.2, 0.25) is 5.69 Å². The molecule has 0 atom stereocenters. The smallest absolute Gasteiger partial charge is 0.416 e. The van der Waals surface area contributed by atoms with Gasteiger partial charge in [-0.05, 0) is 17.0 Å². The highest BCUT2D eigenvalue weighted by molar-refractivity contribution is 5.33.